The zero-order valence-electron chi connectivity index (χ0n) is 18.2. The lowest BCUT2D eigenvalue weighted by Crippen LogP contribution is -2.22. The third-order valence-corrected chi connectivity index (χ3v) is 5.51. The average Bonchev–Trinajstić information content (AvgIpc) is 3.16. The van der Waals surface area contributed by atoms with Crippen LogP contribution in [0.4, 0.5) is 17.1 Å². The second-order valence-electron chi connectivity index (χ2n) is 8.24. The standard InChI is InChI=1S/C23H25ClN6O2/c1-13(2)11-30(3)21-9-19-18(8-16(21)24)26-22(32)10-17(25-19)14-5-4-6-15(7-14)23-20(12-31)27-29-28-23/h4-9,13,31H,10-12H2,1-3H3,(H,26,32)(H,27,28,29). The number of hydrogen-bond donors (Lipinski definition) is 3. The molecule has 0 spiro atoms. The monoisotopic (exact) mass is 452 g/mol. The zero-order valence-corrected chi connectivity index (χ0v) is 18.9. The molecule has 1 amide bonds. The number of carbonyl (C=O) groups is 1. The van der Waals surface area contributed by atoms with Gasteiger partial charge in [0.2, 0.25) is 5.91 Å². The molecule has 8 nitrogen and oxygen atoms in total. The number of fused-ring (bicyclic) bond motifs is 1. The molecule has 0 fully saturated rings. The number of anilines is 2. The highest BCUT2D eigenvalue weighted by atomic mass is 35.5. The van der Waals surface area contributed by atoms with Crippen molar-refractivity contribution in [2.75, 3.05) is 23.8 Å². The molecule has 2 aromatic carbocycles. The summed E-state index contributed by atoms with van der Waals surface area (Å²) in [7, 11) is 1.99. The Kier molecular flexibility index (Phi) is 6.25. The third kappa shape index (κ3) is 4.51. The number of amides is 1. The maximum atomic E-state index is 12.6. The van der Waals surface area contributed by atoms with Gasteiger partial charge in [-0.15, -0.1) is 0 Å². The first-order valence-electron chi connectivity index (χ1n) is 10.4. The predicted molar refractivity (Wildman–Crippen MR) is 127 cm³/mol. The van der Waals surface area contributed by atoms with Crippen molar-refractivity contribution in [1.29, 1.82) is 0 Å². The number of H-pyrrole nitrogens is 1. The van der Waals surface area contributed by atoms with E-state index in [1.807, 2.05) is 37.4 Å². The summed E-state index contributed by atoms with van der Waals surface area (Å²) < 4.78 is 0. The van der Waals surface area contributed by atoms with E-state index in [9.17, 15) is 9.90 Å². The molecule has 1 aliphatic heterocycles. The number of hydrogen-bond acceptors (Lipinski definition) is 6. The molecule has 2 heterocycles. The molecule has 0 saturated heterocycles. The van der Waals surface area contributed by atoms with Crippen molar-refractivity contribution in [3.8, 4) is 11.3 Å². The summed E-state index contributed by atoms with van der Waals surface area (Å²) in [6.45, 7) is 4.91. The summed E-state index contributed by atoms with van der Waals surface area (Å²) in [4.78, 5) is 19.6. The van der Waals surface area contributed by atoms with Gasteiger partial charge in [-0.1, -0.05) is 43.6 Å². The van der Waals surface area contributed by atoms with Crippen LogP contribution in [0, 0.1) is 5.92 Å². The van der Waals surface area contributed by atoms with Gasteiger partial charge in [-0.25, -0.2) is 0 Å². The number of aliphatic imine (C=N–C) groups is 1. The Morgan fingerprint density at radius 1 is 1.19 bits per heavy atom. The van der Waals surface area contributed by atoms with Crippen molar-refractivity contribution >= 4 is 40.3 Å². The Hall–Kier alpha value is -3.23. The molecular formula is C23H25ClN6O2. The Balaban J connectivity index is 1.77. The van der Waals surface area contributed by atoms with Gasteiger partial charge in [0.25, 0.3) is 0 Å². The molecule has 0 radical (unpaired) electrons. The van der Waals surface area contributed by atoms with E-state index in [4.69, 9.17) is 16.6 Å². The number of nitrogens with zero attached hydrogens (tertiary/aromatic N) is 4. The van der Waals surface area contributed by atoms with E-state index in [2.05, 4.69) is 39.5 Å². The molecule has 0 saturated carbocycles. The van der Waals surface area contributed by atoms with Crippen LogP contribution in [-0.2, 0) is 11.4 Å². The van der Waals surface area contributed by atoms with Crippen LogP contribution < -0.4 is 10.2 Å². The molecule has 1 aromatic heterocycles. The van der Waals surface area contributed by atoms with E-state index in [1.165, 1.54) is 0 Å². The van der Waals surface area contributed by atoms with Gasteiger partial charge < -0.3 is 15.3 Å². The molecule has 4 rings (SSSR count). The van der Waals surface area contributed by atoms with E-state index >= 15 is 0 Å². The van der Waals surface area contributed by atoms with Crippen LogP contribution in [0.3, 0.4) is 0 Å². The molecule has 9 heteroatoms. The van der Waals surface area contributed by atoms with Gasteiger partial charge in [0.05, 0.1) is 40.8 Å². The summed E-state index contributed by atoms with van der Waals surface area (Å²) in [6, 6.07) is 11.2. The van der Waals surface area contributed by atoms with Gasteiger partial charge in [-0.05, 0) is 29.7 Å². The lowest BCUT2D eigenvalue weighted by molar-refractivity contribution is -0.115. The Labute approximate surface area is 191 Å². The minimum atomic E-state index is -0.222. The molecule has 0 unspecified atom stereocenters. The van der Waals surface area contributed by atoms with E-state index in [-0.39, 0.29) is 18.9 Å². The molecule has 166 valence electrons. The topological polar surface area (TPSA) is 106 Å². The van der Waals surface area contributed by atoms with E-state index in [0.29, 0.717) is 39.4 Å². The van der Waals surface area contributed by atoms with Crippen molar-refractivity contribution in [2.45, 2.75) is 26.9 Å². The molecule has 32 heavy (non-hydrogen) atoms. The fourth-order valence-electron chi connectivity index (χ4n) is 3.82. The SMILES string of the molecule is CC(C)CN(C)c1cc2c(cc1Cl)NC(=O)CC(c1cccc(-c3n[nH]nc3CO)c1)=N2. The van der Waals surface area contributed by atoms with Crippen molar-refractivity contribution in [1.82, 2.24) is 15.4 Å². The first-order chi connectivity index (χ1) is 15.4. The number of carbonyl (C=O) groups excluding carboxylic acids is 1. The fourth-order valence-corrected chi connectivity index (χ4v) is 4.13. The number of aliphatic hydroxyl groups excluding tert-OH is 1. The van der Waals surface area contributed by atoms with Crippen LogP contribution in [0.1, 0.15) is 31.5 Å². The van der Waals surface area contributed by atoms with Crippen molar-refractivity contribution in [2.24, 2.45) is 10.9 Å². The van der Waals surface area contributed by atoms with Crippen molar-refractivity contribution in [3.05, 3.63) is 52.7 Å². The van der Waals surface area contributed by atoms with Gasteiger partial charge in [0, 0.05) is 19.2 Å². The van der Waals surface area contributed by atoms with Crippen LogP contribution in [-0.4, -0.2) is 45.7 Å². The van der Waals surface area contributed by atoms with Crippen LogP contribution in [0.25, 0.3) is 11.3 Å². The van der Waals surface area contributed by atoms with E-state index < -0.39 is 0 Å². The summed E-state index contributed by atoms with van der Waals surface area (Å²) in [5.74, 6) is 0.307. The normalized spacial score (nSPS) is 13.4. The van der Waals surface area contributed by atoms with Crippen molar-refractivity contribution < 1.29 is 9.90 Å². The largest absolute Gasteiger partial charge is 0.390 e. The number of aliphatic hydroxyl groups is 1. The number of aromatic amines is 1. The van der Waals surface area contributed by atoms with Crippen LogP contribution in [0.5, 0.6) is 0 Å². The van der Waals surface area contributed by atoms with Gasteiger partial charge >= 0.3 is 0 Å². The number of aromatic nitrogens is 3. The van der Waals surface area contributed by atoms with Crippen LogP contribution in [0.15, 0.2) is 41.4 Å². The molecular weight excluding hydrogens is 428 g/mol. The molecule has 1 aliphatic rings. The quantitative estimate of drug-likeness (QED) is 0.520. The van der Waals surface area contributed by atoms with Gasteiger partial charge in [0.1, 0.15) is 11.4 Å². The lowest BCUT2D eigenvalue weighted by atomic mass is 10.0. The molecule has 0 atom stereocenters. The molecule has 3 aromatic rings. The first-order valence-corrected chi connectivity index (χ1v) is 10.8. The van der Waals surface area contributed by atoms with Gasteiger partial charge in [-0.2, -0.15) is 15.4 Å². The fraction of sp³-hybridized carbons (Fsp3) is 0.304. The lowest BCUT2D eigenvalue weighted by Gasteiger charge is -2.23. The minimum absolute atomic E-state index is 0.124. The predicted octanol–water partition coefficient (Wildman–Crippen LogP) is 4.17. The second kappa shape index (κ2) is 9.10. The van der Waals surface area contributed by atoms with Crippen LogP contribution >= 0.6 is 11.6 Å². The molecule has 0 bridgehead atoms. The summed E-state index contributed by atoms with van der Waals surface area (Å²) in [6.07, 6.45) is 0.124. The number of benzene rings is 2. The molecule has 0 aliphatic carbocycles. The number of rotatable bonds is 6. The third-order valence-electron chi connectivity index (χ3n) is 5.21. The second-order valence-corrected chi connectivity index (χ2v) is 8.64. The number of halogens is 1. The van der Waals surface area contributed by atoms with E-state index in [1.54, 1.807) is 6.07 Å². The first kappa shape index (κ1) is 22.0. The van der Waals surface area contributed by atoms with Crippen molar-refractivity contribution in [3.63, 3.8) is 0 Å². The van der Waals surface area contributed by atoms with Gasteiger partial charge in [0.15, 0.2) is 0 Å². The Morgan fingerprint density at radius 3 is 2.72 bits per heavy atom. The minimum Gasteiger partial charge on any atom is -0.390 e. The zero-order chi connectivity index (χ0) is 22.8. The Morgan fingerprint density at radius 2 is 1.97 bits per heavy atom. The highest BCUT2D eigenvalue weighted by Gasteiger charge is 2.21. The Bertz CT molecular complexity index is 1190. The summed E-state index contributed by atoms with van der Waals surface area (Å²) in [5, 5.41) is 23.6. The maximum absolute atomic E-state index is 12.6. The van der Waals surface area contributed by atoms with Gasteiger partial charge in [-0.3, -0.25) is 9.79 Å². The summed E-state index contributed by atoms with van der Waals surface area (Å²) in [5.41, 5.74) is 5.35. The smallest absolute Gasteiger partial charge is 0.230 e. The van der Waals surface area contributed by atoms with Crippen LogP contribution in [0.2, 0.25) is 5.02 Å². The molecule has 3 N–H and O–H groups in total. The number of nitrogens with one attached hydrogen (secondary N) is 2. The average molecular weight is 453 g/mol. The maximum Gasteiger partial charge on any atom is 0.230 e. The van der Waals surface area contributed by atoms with E-state index in [0.717, 1.165) is 23.4 Å². The highest BCUT2D eigenvalue weighted by molar-refractivity contribution is 6.34. The highest BCUT2D eigenvalue weighted by Crippen LogP contribution is 2.38. The summed E-state index contributed by atoms with van der Waals surface area (Å²) >= 11 is 6.52.